The Hall–Kier alpha value is -2.98. The molecule has 2 aromatic heterocycles. The van der Waals surface area contributed by atoms with Crippen molar-refractivity contribution in [2.24, 2.45) is 5.73 Å². The number of primary amides is 1. The molecule has 10 heteroatoms. The molecule has 0 aliphatic rings. The number of nitrogens with two attached hydrogens (primary N) is 1. The second-order valence-corrected chi connectivity index (χ2v) is 7.22. The van der Waals surface area contributed by atoms with Crippen molar-refractivity contribution in [1.82, 2.24) is 15.3 Å². The fraction of sp³-hybridized carbons (Fsp3) is 0.0588. The van der Waals surface area contributed by atoms with E-state index in [-0.39, 0.29) is 18.1 Å². The first kappa shape index (κ1) is 18.8. The summed E-state index contributed by atoms with van der Waals surface area (Å²) in [7, 11) is 0. The Balaban J connectivity index is 1.55. The average Bonchev–Trinajstić information content (AvgIpc) is 3.29. The van der Waals surface area contributed by atoms with E-state index in [4.69, 9.17) is 5.73 Å². The Bertz CT molecular complexity index is 996. The number of anilines is 1. The summed E-state index contributed by atoms with van der Waals surface area (Å²) in [5.41, 5.74) is 7.22. The maximum Gasteiger partial charge on any atom is 0.265 e. The highest BCUT2D eigenvalue weighted by Crippen LogP contribution is 2.25. The van der Waals surface area contributed by atoms with Crippen molar-refractivity contribution < 1.29 is 14.4 Å². The van der Waals surface area contributed by atoms with Gasteiger partial charge in [-0.2, -0.15) is 0 Å². The lowest BCUT2D eigenvalue weighted by atomic mass is 10.2. The number of thiazole rings is 1. The van der Waals surface area contributed by atoms with E-state index in [2.05, 4.69) is 36.5 Å². The van der Waals surface area contributed by atoms with E-state index >= 15 is 0 Å². The molecule has 0 spiro atoms. The number of nitrogens with one attached hydrogen (secondary N) is 3. The fourth-order valence-electron chi connectivity index (χ4n) is 2.18. The minimum Gasteiger partial charge on any atom is -0.364 e. The Morgan fingerprint density at radius 3 is 2.63 bits per heavy atom. The standard InChI is InChI=1S/C17H14BrN5O3S/c18-11-3-1-9(2-4-11)16(26)21-7-14(24)23-17-22-13(8-27-17)10-5-12(15(19)25)20-6-10/h1-6,8,20H,7H2,(H2,19,25)(H,21,26)(H,22,23,24). The molecular formula is C17H14BrN5O3S. The second-order valence-electron chi connectivity index (χ2n) is 5.44. The van der Waals surface area contributed by atoms with Gasteiger partial charge in [0.25, 0.3) is 11.8 Å². The molecule has 3 amide bonds. The largest absolute Gasteiger partial charge is 0.364 e. The van der Waals surface area contributed by atoms with Gasteiger partial charge in [0.2, 0.25) is 5.91 Å². The van der Waals surface area contributed by atoms with Crippen LogP contribution in [0.25, 0.3) is 11.3 Å². The van der Waals surface area contributed by atoms with Crippen LogP contribution in [-0.4, -0.2) is 34.2 Å². The van der Waals surface area contributed by atoms with Crippen LogP contribution in [0.3, 0.4) is 0 Å². The topological polar surface area (TPSA) is 130 Å². The minimum absolute atomic E-state index is 0.181. The first-order chi connectivity index (χ1) is 12.9. The van der Waals surface area contributed by atoms with E-state index in [1.54, 1.807) is 41.9 Å². The van der Waals surface area contributed by atoms with Gasteiger partial charge in [0.05, 0.1) is 12.2 Å². The molecule has 0 saturated carbocycles. The van der Waals surface area contributed by atoms with Gasteiger partial charge < -0.3 is 21.4 Å². The second kappa shape index (κ2) is 8.14. The summed E-state index contributed by atoms with van der Waals surface area (Å²) < 4.78 is 0.863. The normalized spacial score (nSPS) is 10.4. The zero-order valence-electron chi connectivity index (χ0n) is 13.8. The maximum atomic E-state index is 12.0. The number of benzene rings is 1. The van der Waals surface area contributed by atoms with Gasteiger partial charge in [-0.25, -0.2) is 4.98 Å². The summed E-state index contributed by atoms with van der Waals surface area (Å²) >= 11 is 4.53. The van der Waals surface area contributed by atoms with Gasteiger partial charge in [-0.1, -0.05) is 15.9 Å². The molecule has 27 heavy (non-hydrogen) atoms. The molecule has 2 heterocycles. The van der Waals surface area contributed by atoms with E-state index < -0.39 is 11.8 Å². The third-order valence-corrected chi connectivity index (χ3v) is 4.80. The van der Waals surface area contributed by atoms with Crippen molar-refractivity contribution in [3.05, 3.63) is 57.6 Å². The van der Waals surface area contributed by atoms with Gasteiger partial charge in [0, 0.05) is 27.2 Å². The monoisotopic (exact) mass is 447 g/mol. The summed E-state index contributed by atoms with van der Waals surface area (Å²) in [6.07, 6.45) is 1.61. The number of aromatic nitrogens is 2. The molecule has 0 aliphatic heterocycles. The third-order valence-electron chi connectivity index (χ3n) is 3.51. The Morgan fingerprint density at radius 1 is 1.22 bits per heavy atom. The van der Waals surface area contributed by atoms with Gasteiger partial charge in [-0.15, -0.1) is 11.3 Å². The number of halogens is 1. The molecule has 0 fully saturated rings. The molecule has 0 unspecified atom stereocenters. The lowest BCUT2D eigenvalue weighted by molar-refractivity contribution is -0.115. The number of hydrogen-bond donors (Lipinski definition) is 4. The molecule has 0 radical (unpaired) electrons. The molecule has 1 aromatic carbocycles. The lowest BCUT2D eigenvalue weighted by Crippen LogP contribution is -2.32. The average molecular weight is 448 g/mol. The maximum absolute atomic E-state index is 12.0. The summed E-state index contributed by atoms with van der Waals surface area (Å²) in [6, 6.07) is 8.39. The molecule has 0 saturated heterocycles. The molecule has 3 aromatic rings. The van der Waals surface area contributed by atoms with Crippen LogP contribution in [-0.2, 0) is 4.79 Å². The molecule has 0 atom stereocenters. The van der Waals surface area contributed by atoms with Crippen molar-refractivity contribution in [3.63, 3.8) is 0 Å². The highest BCUT2D eigenvalue weighted by molar-refractivity contribution is 9.10. The van der Waals surface area contributed by atoms with E-state index in [0.717, 1.165) is 4.47 Å². The van der Waals surface area contributed by atoms with Crippen molar-refractivity contribution in [2.45, 2.75) is 0 Å². The van der Waals surface area contributed by atoms with Crippen molar-refractivity contribution in [3.8, 4) is 11.3 Å². The molecule has 138 valence electrons. The van der Waals surface area contributed by atoms with E-state index in [1.807, 2.05) is 0 Å². The SMILES string of the molecule is NC(=O)c1cc(-c2csc(NC(=O)CNC(=O)c3ccc(Br)cc3)n2)c[nH]1. The number of hydrogen-bond acceptors (Lipinski definition) is 5. The third kappa shape index (κ3) is 4.80. The van der Waals surface area contributed by atoms with Crippen LogP contribution in [0.5, 0.6) is 0 Å². The Kier molecular flexibility index (Phi) is 5.67. The number of amides is 3. The predicted molar refractivity (Wildman–Crippen MR) is 106 cm³/mol. The quantitative estimate of drug-likeness (QED) is 0.461. The van der Waals surface area contributed by atoms with Crippen molar-refractivity contribution in [2.75, 3.05) is 11.9 Å². The van der Waals surface area contributed by atoms with Crippen molar-refractivity contribution in [1.29, 1.82) is 0 Å². The van der Waals surface area contributed by atoms with E-state index in [0.29, 0.717) is 22.0 Å². The lowest BCUT2D eigenvalue weighted by Gasteiger charge is -2.05. The number of rotatable bonds is 6. The first-order valence-electron chi connectivity index (χ1n) is 7.70. The number of carbonyl (C=O) groups is 3. The number of nitrogens with zero attached hydrogens (tertiary/aromatic N) is 1. The van der Waals surface area contributed by atoms with Gasteiger partial charge in [0.1, 0.15) is 5.69 Å². The van der Waals surface area contributed by atoms with Crippen LogP contribution in [0.15, 0.2) is 46.4 Å². The molecule has 5 N–H and O–H groups in total. The number of carbonyl (C=O) groups excluding carboxylic acids is 3. The van der Waals surface area contributed by atoms with Gasteiger partial charge in [-0.3, -0.25) is 14.4 Å². The predicted octanol–water partition coefficient (Wildman–Crippen LogP) is 2.37. The zero-order chi connectivity index (χ0) is 19.4. The number of H-pyrrole nitrogens is 1. The zero-order valence-corrected chi connectivity index (χ0v) is 16.2. The first-order valence-corrected chi connectivity index (χ1v) is 9.37. The number of aromatic amines is 1. The molecular weight excluding hydrogens is 434 g/mol. The van der Waals surface area contributed by atoms with Crippen LogP contribution in [0.4, 0.5) is 5.13 Å². The van der Waals surface area contributed by atoms with Crippen LogP contribution < -0.4 is 16.4 Å². The van der Waals surface area contributed by atoms with Crippen molar-refractivity contribution >= 4 is 50.1 Å². The molecule has 0 bridgehead atoms. The molecule has 0 aliphatic carbocycles. The van der Waals surface area contributed by atoms with Crippen LogP contribution >= 0.6 is 27.3 Å². The highest BCUT2D eigenvalue weighted by Gasteiger charge is 2.12. The fourth-order valence-corrected chi connectivity index (χ4v) is 3.18. The summed E-state index contributed by atoms with van der Waals surface area (Å²) in [4.78, 5) is 42.2. The minimum atomic E-state index is -0.563. The highest BCUT2D eigenvalue weighted by atomic mass is 79.9. The Morgan fingerprint density at radius 2 is 1.96 bits per heavy atom. The van der Waals surface area contributed by atoms with E-state index in [9.17, 15) is 14.4 Å². The van der Waals surface area contributed by atoms with Gasteiger partial charge in [0.15, 0.2) is 5.13 Å². The smallest absolute Gasteiger partial charge is 0.265 e. The molecule has 3 rings (SSSR count). The summed E-state index contributed by atoms with van der Waals surface area (Å²) in [6.45, 7) is -0.181. The molecule has 8 nitrogen and oxygen atoms in total. The van der Waals surface area contributed by atoms with Gasteiger partial charge >= 0.3 is 0 Å². The van der Waals surface area contributed by atoms with Gasteiger partial charge in [-0.05, 0) is 30.3 Å². The van der Waals surface area contributed by atoms with Crippen LogP contribution in [0.1, 0.15) is 20.8 Å². The van der Waals surface area contributed by atoms with Crippen LogP contribution in [0.2, 0.25) is 0 Å². The van der Waals surface area contributed by atoms with Crippen LogP contribution in [0, 0.1) is 0 Å². The Labute approximate surface area is 166 Å². The summed E-state index contributed by atoms with van der Waals surface area (Å²) in [5.74, 6) is -1.30. The van der Waals surface area contributed by atoms with E-state index in [1.165, 1.54) is 11.3 Å². The summed E-state index contributed by atoms with van der Waals surface area (Å²) in [5, 5.41) is 7.29.